The van der Waals surface area contributed by atoms with E-state index in [9.17, 15) is 9.59 Å². The SMILES string of the molecule is CN1CCc2ccc(NC(=O)c3cccc(CNC(=O)c4ccc(N5CCN=C5S)cc4)c3)cc2C1. The molecule has 0 radical (unpaired) electrons. The van der Waals surface area contributed by atoms with Crippen LogP contribution in [0.5, 0.6) is 0 Å². The van der Waals surface area contributed by atoms with Crippen molar-refractivity contribution >= 4 is 41.0 Å². The number of carbonyl (C=O) groups is 2. The molecule has 0 aliphatic carbocycles. The Labute approximate surface area is 216 Å². The number of nitrogens with one attached hydrogen (secondary N) is 2. The van der Waals surface area contributed by atoms with Gasteiger partial charge in [-0.2, -0.15) is 0 Å². The minimum absolute atomic E-state index is 0.170. The number of fused-ring (bicyclic) bond motifs is 1. The number of aliphatic imine (C=N–C) groups is 1. The molecule has 0 fully saturated rings. The van der Waals surface area contributed by atoms with E-state index in [1.165, 1.54) is 11.1 Å². The maximum Gasteiger partial charge on any atom is 0.255 e. The van der Waals surface area contributed by atoms with Crippen molar-refractivity contribution in [3.63, 3.8) is 0 Å². The van der Waals surface area contributed by atoms with Crippen LogP contribution in [0.3, 0.4) is 0 Å². The van der Waals surface area contributed by atoms with Gasteiger partial charge in [-0.15, -0.1) is 12.6 Å². The Bertz CT molecular complexity index is 1320. The average molecular weight is 500 g/mol. The lowest BCUT2D eigenvalue weighted by molar-refractivity contribution is 0.0950. The number of benzene rings is 3. The van der Waals surface area contributed by atoms with Crippen LogP contribution in [0.25, 0.3) is 0 Å². The van der Waals surface area contributed by atoms with Crippen LogP contribution >= 0.6 is 12.6 Å². The maximum absolute atomic E-state index is 12.9. The van der Waals surface area contributed by atoms with Crippen LogP contribution < -0.4 is 15.5 Å². The minimum Gasteiger partial charge on any atom is -0.348 e. The fourth-order valence-electron chi connectivity index (χ4n) is 4.56. The Kier molecular flexibility index (Phi) is 7.06. The third-order valence-corrected chi connectivity index (χ3v) is 6.95. The number of hydrogen-bond donors (Lipinski definition) is 3. The normalized spacial score (nSPS) is 15.3. The third kappa shape index (κ3) is 5.45. The van der Waals surface area contributed by atoms with Crippen LogP contribution in [0.1, 0.15) is 37.4 Å². The number of nitrogens with zero attached hydrogens (tertiary/aromatic N) is 3. The van der Waals surface area contributed by atoms with E-state index < -0.39 is 0 Å². The van der Waals surface area contributed by atoms with Gasteiger partial charge < -0.3 is 20.4 Å². The predicted octanol–water partition coefficient (Wildman–Crippen LogP) is 3.96. The van der Waals surface area contributed by atoms with Crippen LogP contribution in [-0.2, 0) is 19.5 Å². The monoisotopic (exact) mass is 499 g/mol. The first kappa shape index (κ1) is 24.1. The van der Waals surface area contributed by atoms with Crippen LogP contribution in [-0.4, -0.2) is 48.6 Å². The number of likely N-dealkylation sites (N-methyl/N-ethyl adjacent to an activating group) is 1. The molecule has 0 spiro atoms. The lowest BCUT2D eigenvalue weighted by Gasteiger charge is -2.25. The molecular weight excluding hydrogens is 470 g/mol. The molecule has 2 N–H and O–H groups in total. The molecule has 3 aromatic rings. The van der Waals surface area contributed by atoms with Gasteiger partial charge in [0.1, 0.15) is 0 Å². The lowest BCUT2D eigenvalue weighted by Crippen LogP contribution is -2.26. The summed E-state index contributed by atoms with van der Waals surface area (Å²) < 4.78 is 0. The fourth-order valence-corrected chi connectivity index (χ4v) is 4.87. The number of anilines is 2. The number of amides is 2. The summed E-state index contributed by atoms with van der Waals surface area (Å²) in [7, 11) is 2.11. The summed E-state index contributed by atoms with van der Waals surface area (Å²) in [6, 6.07) is 20.8. The quantitative estimate of drug-likeness (QED) is 0.449. The van der Waals surface area contributed by atoms with Gasteiger partial charge in [-0.05, 0) is 78.7 Å². The largest absolute Gasteiger partial charge is 0.348 e. The van der Waals surface area contributed by atoms with Gasteiger partial charge in [0.2, 0.25) is 0 Å². The van der Waals surface area contributed by atoms with Gasteiger partial charge in [0, 0.05) is 48.7 Å². The topological polar surface area (TPSA) is 77.0 Å². The van der Waals surface area contributed by atoms with E-state index in [2.05, 4.69) is 52.3 Å². The molecule has 2 heterocycles. The van der Waals surface area contributed by atoms with Gasteiger partial charge in [-0.3, -0.25) is 14.6 Å². The van der Waals surface area contributed by atoms with E-state index in [1.54, 1.807) is 18.2 Å². The van der Waals surface area contributed by atoms with Crippen LogP contribution in [0.4, 0.5) is 11.4 Å². The minimum atomic E-state index is -0.170. The fraction of sp³-hybridized carbons (Fsp3) is 0.250. The molecular formula is C28H29N5O2S. The van der Waals surface area contributed by atoms with E-state index in [-0.39, 0.29) is 11.8 Å². The number of carbonyl (C=O) groups excluding carboxylic acids is 2. The molecule has 0 saturated carbocycles. The number of hydrogen-bond acceptors (Lipinski definition) is 5. The first-order valence-electron chi connectivity index (χ1n) is 12.1. The first-order chi connectivity index (χ1) is 17.5. The van der Waals surface area contributed by atoms with Crippen molar-refractivity contribution in [2.75, 3.05) is 36.9 Å². The van der Waals surface area contributed by atoms with Crippen LogP contribution in [0, 0.1) is 0 Å². The Balaban J connectivity index is 1.19. The highest BCUT2D eigenvalue weighted by atomic mass is 32.1. The molecule has 0 unspecified atom stereocenters. The number of thiol groups is 1. The van der Waals surface area contributed by atoms with Gasteiger partial charge in [0.05, 0.1) is 6.54 Å². The summed E-state index contributed by atoms with van der Waals surface area (Å²) in [5.74, 6) is -0.339. The molecule has 0 aromatic heterocycles. The zero-order valence-electron chi connectivity index (χ0n) is 20.2. The predicted molar refractivity (Wildman–Crippen MR) is 147 cm³/mol. The highest BCUT2D eigenvalue weighted by Gasteiger charge is 2.17. The molecule has 8 heteroatoms. The summed E-state index contributed by atoms with van der Waals surface area (Å²) in [6.07, 6.45) is 1.03. The Morgan fingerprint density at radius 1 is 0.944 bits per heavy atom. The van der Waals surface area contributed by atoms with Crippen molar-refractivity contribution in [3.8, 4) is 0 Å². The molecule has 3 aromatic carbocycles. The van der Waals surface area contributed by atoms with Crippen molar-refractivity contribution in [2.24, 2.45) is 4.99 Å². The highest BCUT2D eigenvalue weighted by Crippen LogP contribution is 2.23. The zero-order chi connectivity index (χ0) is 25.1. The summed E-state index contributed by atoms with van der Waals surface area (Å²) in [6.45, 7) is 3.78. The smallest absolute Gasteiger partial charge is 0.255 e. The van der Waals surface area contributed by atoms with Crippen molar-refractivity contribution in [3.05, 3.63) is 94.5 Å². The van der Waals surface area contributed by atoms with Crippen LogP contribution in [0.2, 0.25) is 0 Å². The molecule has 36 heavy (non-hydrogen) atoms. The van der Waals surface area contributed by atoms with Crippen molar-refractivity contribution in [1.82, 2.24) is 10.2 Å². The van der Waals surface area contributed by atoms with Gasteiger partial charge in [-0.1, -0.05) is 18.2 Å². The molecule has 2 aliphatic rings. The lowest BCUT2D eigenvalue weighted by atomic mass is 9.99. The Morgan fingerprint density at radius 2 is 1.78 bits per heavy atom. The number of amidine groups is 1. The standard InChI is InChI=1S/C28H29N5O2S/c1-32-13-11-20-5-8-24(16-23(20)18-32)31-27(35)22-4-2-3-19(15-22)17-30-26(34)21-6-9-25(10-7-21)33-14-12-29-28(33)36/h2-10,15-16H,11-14,17-18H2,1H3,(H,29,36)(H,30,34)(H,31,35). The molecule has 5 rings (SSSR count). The van der Waals surface area contributed by atoms with Crippen molar-refractivity contribution < 1.29 is 9.59 Å². The zero-order valence-corrected chi connectivity index (χ0v) is 21.1. The third-order valence-electron chi connectivity index (χ3n) is 6.57. The van der Waals surface area contributed by atoms with Gasteiger partial charge in [0.25, 0.3) is 11.8 Å². The van der Waals surface area contributed by atoms with Gasteiger partial charge in [-0.25, -0.2) is 0 Å². The van der Waals surface area contributed by atoms with E-state index in [0.29, 0.717) is 22.8 Å². The van der Waals surface area contributed by atoms with Crippen molar-refractivity contribution in [2.45, 2.75) is 19.5 Å². The molecule has 0 saturated heterocycles. The summed E-state index contributed by atoms with van der Waals surface area (Å²) >= 11 is 4.38. The van der Waals surface area contributed by atoms with Crippen molar-refractivity contribution in [1.29, 1.82) is 0 Å². The van der Waals surface area contributed by atoms with E-state index in [1.807, 2.05) is 41.3 Å². The molecule has 2 aliphatic heterocycles. The Hall–Kier alpha value is -3.62. The van der Waals surface area contributed by atoms with Crippen LogP contribution in [0.15, 0.2) is 71.7 Å². The van der Waals surface area contributed by atoms with E-state index in [0.717, 1.165) is 49.5 Å². The van der Waals surface area contributed by atoms with Gasteiger partial charge >= 0.3 is 0 Å². The second kappa shape index (κ2) is 10.6. The summed E-state index contributed by atoms with van der Waals surface area (Å²) in [5, 5.41) is 6.64. The average Bonchev–Trinajstić information content (AvgIpc) is 3.33. The highest BCUT2D eigenvalue weighted by molar-refractivity contribution is 7.97. The van der Waals surface area contributed by atoms with Gasteiger partial charge in [0.15, 0.2) is 5.17 Å². The first-order valence-corrected chi connectivity index (χ1v) is 12.5. The van der Waals surface area contributed by atoms with E-state index >= 15 is 0 Å². The second-order valence-electron chi connectivity index (χ2n) is 9.19. The molecule has 0 atom stereocenters. The summed E-state index contributed by atoms with van der Waals surface area (Å²) in [5.41, 5.74) is 6.33. The molecule has 2 amide bonds. The molecule has 0 bridgehead atoms. The number of rotatable bonds is 6. The van der Waals surface area contributed by atoms with E-state index in [4.69, 9.17) is 0 Å². The molecule has 7 nitrogen and oxygen atoms in total. The second-order valence-corrected chi connectivity index (χ2v) is 9.59. The molecule has 184 valence electrons. The Morgan fingerprint density at radius 3 is 2.56 bits per heavy atom. The summed E-state index contributed by atoms with van der Waals surface area (Å²) in [4.78, 5) is 34.1. The maximum atomic E-state index is 12.9.